The van der Waals surface area contributed by atoms with Crippen LogP contribution in [0.5, 0.6) is 0 Å². The van der Waals surface area contributed by atoms with E-state index < -0.39 is 0 Å². The van der Waals surface area contributed by atoms with Crippen molar-refractivity contribution in [2.75, 3.05) is 57.7 Å². The van der Waals surface area contributed by atoms with Crippen LogP contribution in [0.25, 0.3) is 0 Å². The van der Waals surface area contributed by atoms with Crippen molar-refractivity contribution in [2.24, 2.45) is 5.92 Å². The van der Waals surface area contributed by atoms with Crippen molar-refractivity contribution >= 4 is 17.5 Å². The summed E-state index contributed by atoms with van der Waals surface area (Å²) in [5, 5.41) is 2.97. The number of nitrogens with zero attached hydrogens (tertiary/aromatic N) is 3. The first-order valence-electron chi connectivity index (χ1n) is 9.67. The van der Waals surface area contributed by atoms with Crippen molar-refractivity contribution in [3.63, 3.8) is 0 Å². The molecule has 6 heteroatoms. The summed E-state index contributed by atoms with van der Waals surface area (Å²) >= 11 is 0. The highest BCUT2D eigenvalue weighted by molar-refractivity contribution is 5.92. The van der Waals surface area contributed by atoms with Gasteiger partial charge >= 0.3 is 0 Å². The van der Waals surface area contributed by atoms with Gasteiger partial charge in [0.25, 0.3) is 0 Å². The molecule has 1 N–H and O–H groups in total. The molecule has 2 fully saturated rings. The molecule has 1 aromatic rings. The Bertz CT molecular complexity index is 669. The number of terminal acetylenes is 1. The van der Waals surface area contributed by atoms with Gasteiger partial charge in [-0.15, -0.1) is 6.42 Å². The molecule has 0 atom stereocenters. The van der Waals surface area contributed by atoms with Gasteiger partial charge in [0.1, 0.15) is 0 Å². The first kappa shape index (κ1) is 19.4. The summed E-state index contributed by atoms with van der Waals surface area (Å²) in [6.45, 7) is 6.04. The third-order valence-corrected chi connectivity index (χ3v) is 5.40. The quantitative estimate of drug-likeness (QED) is 0.792. The third kappa shape index (κ3) is 5.56. The first-order chi connectivity index (χ1) is 13.2. The van der Waals surface area contributed by atoms with E-state index in [1.54, 1.807) is 0 Å². The maximum Gasteiger partial charge on any atom is 0.236 e. The molecule has 0 radical (unpaired) electrons. The molecule has 0 saturated carbocycles. The number of likely N-dealkylation sites (tertiary alicyclic amines) is 1. The average Bonchev–Trinajstić information content (AvgIpc) is 2.70. The number of amides is 2. The van der Waals surface area contributed by atoms with Crippen LogP contribution in [0, 0.1) is 18.3 Å². The van der Waals surface area contributed by atoms with Gasteiger partial charge in [-0.1, -0.05) is 24.1 Å². The highest BCUT2D eigenvalue weighted by Crippen LogP contribution is 2.20. The number of piperazine rings is 1. The van der Waals surface area contributed by atoms with Crippen molar-refractivity contribution in [3.8, 4) is 12.3 Å². The van der Waals surface area contributed by atoms with Crippen LogP contribution in [0.3, 0.4) is 0 Å². The number of hydrogen-bond donors (Lipinski definition) is 1. The second-order valence-corrected chi connectivity index (χ2v) is 7.27. The average molecular weight is 368 g/mol. The van der Waals surface area contributed by atoms with Gasteiger partial charge in [0.15, 0.2) is 0 Å². The number of carbonyl (C=O) groups is 2. The lowest BCUT2D eigenvalue weighted by Crippen LogP contribution is -2.51. The Balaban J connectivity index is 1.39. The van der Waals surface area contributed by atoms with Crippen molar-refractivity contribution < 1.29 is 9.59 Å². The Labute approximate surface area is 161 Å². The first-order valence-corrected chi connectivity index (χ1v) is 9.67. The minimum atomic E-state index is -0.0263. The summed E-state index contributed by atoms with van der Waals surface area (Å²) in [6.07, 6.45) is 6.80. The molecule has 2 amide bonds. The van der Waals surface area contributed by atoms with Crippen LogP contribution >= 0.6 is 0 Å². The fourth-order valence-electron chi connectivity index (χ4n) is 3.68. The zero-order chi connectivity index (χ0) is 19.1. The number of para-hydroxylation sites is 1. The number of anilines is 1. The summed E-state index contributed by atoms with van der Waals surface area (Å²) in [5.74, 6) is 2.87. The number of benzene rings is 1. The second-order valence-electron chi connectivity index (χ2n) is 7.27. The van der Waals surface area contributed by atoms with Crippen molar-refractivity contribution in [3.05, 3.63) is 30.3 Å². The standard InChI is InChI=1S/C21H28N4O2/c1-2-10-23-13-15-24(16-14-23)17-20(26)25-11-8-18(9-12-25)21(27)22-19-6-4-3-5-7-19/h1,3-7,18H,8-17H2,(H,22,27). The fraction of sp³-hybridized carbons (Fsp3) is 0.524. The predicted molar refractivity (Wildman–Crippen MR) is 106 cm³/mol. The fourth-order valence-corrected chi connectivity index (χ4v) is 3.68. The second kappa shape index (κ2) is 9.54. The molecule has 27 heavy (non-hydrogen) atoms. The highest BCUT2D eigenvalue weighted by Gasteiger charge is 2.28. The zero-order valence-electron chi connectivity index (χ0n) is 15.8. The number of carbonyl (C=O) groups excluding carboxylic acids is 2. The van der Waals surface area contributed by atoms with Gasteiger partial charge in [0, 0.05) is 50.9 Å². The van der Waals surface area contributed by atoms with Crippen LogP contribution in [0.15, 0.2) is 30.3 Å². The van der Waals surface area contributed by atoms with Gasteiger partial charge in [-0.3, -0.25) is 19.4 Å². The highest BCUT2D eigenvalue weighted by atomic mass is 16.2. The van der Waals surface area contributed by atoms with Gasteiger partial charge in [-0.2, -0.15) is 0 Å². The topological polar surface area (TPSA) is 55.9 Å². The van der Waals surface area contributed by atoms with E-state index in [1.165, 1.54) is 0 Å². The molecule has 3 rings (SSSR count). The zero-order valence-corrected chi connectivity index (χ0v) is 15.8. The van der Waals surface area contributed by atoms with Crippen LogP contribution in [0.2, 0.25) is 0 Å². The van der Waals surface area contributed by atoms with Crippen LogP contribution in [0.4, 0.5) is 5.69 Å². The lowest BCUT2D eigenvalue weighted by atomic mass is 9.95. The molecule has 1 aromatic carbocycles. The molecule has 6 nitrogen and oxygen atoms in total. The molecule has 0 aliphatic carbocycles. The molecular formula is C21H28N4O2. The van der Waals surface area contributed by atoms with E-state index >= 15 is 0 Å². The third-order valence-electron chi connectivity index (χ3n) is 5.40. The van der Waals surface area contributed by atoms with E-state index in [4.69, 9.17) is 6.42 Å². The minimum Gasteiger partial charge on any atom is -0.342 e. The van der Waals surface area contributed by atoms with E-state index in [2.05, 4.69) is 21.0 Å². The maximum atomic E-state index is 12.6. The molecule has 0 spiro atoms. The number of rotatable bonds is 5. The molecule has 2 saturated heterocycles. The Kier molecular flexibility index (Phi) is 6.86. The Morgan fingerprint density at radius 3 is 2.26 bits per heavy atom. The summed E-state index contributed by atoms with van der Waals surface area (Å²) in [7, 11) is 0. The molecule has 2 aliphatic heterocycles. The SMILES string of the molecule is C#CCN1CCN(CC(=O)N2CCC(C(=O)Nc3ccccc3)CC2)CC1. The summed E-state index contributed by atoms with van der Waals surface area (Å²) in [6, 6.07) is 9.51. The summed E-state index contributed by atoms with van der Waals surface area (Å²) < 4.78 is 0. The number of hydrogen-bond acceptors (Lipinski definition) is 4. The smallest absolute Gasteiger partial charge is 0.236 e. The van der Waals surface area contributed by atoms with E-state index in [1.807, 2.05) is 35.2 Å². The van der Waals surface area contributed by atoms with Gasteiger partial charge in [0.05, 0.1) is 13.1 Å². The Hall–Kier alpha value is -2.36. The van der Waals surface area contributed by atoms with Crippen molar-refractivity contribution in [1.29, 1.82) is 0 Å². The number of nitrogens with one attached hydrogen (secondary N) is 1. The van der Waals surface area contributed by atoms with Crippen molar-refractivity contribution in [1.82, 2.24) is 14.7 Å². The van der Waals surface area contributed by atoms with Gasteiger partial charge in [0.2, 0.25) is 11.8 Å². The Morgan fingerprint density at radius 1 is 1.00 bits per heavy atom. The molecule has 2 heterocycles. The van der Waals surface area contributed by atoms with Crippen LogP contribution in [-0.4, -0.2) is 78.9 Å². The molecule has 2 aliphatic rings. The van der Waals surface area contributed by atoms with E-state index in [0.29, 0.717) is 26.2 Å². The van der Waals surface area contributed by atoms with E-state index in [0.717, 1.165) is 44.7 Å². The summed E-state index contributed by atoms with van der Waals surface area (Å²) in [5.41, 5.74) is 0.824. The van der Waals surface area contributed by atoms with Gasteiger partial charge in [-0.25, -0.2) is 0 Å². The minimum absolute atomic E-state index is 0.0263. The van der Waals surface area contributed by atoms with Crippen LogP contribution < -0.4 is 5.32 Å². The van der Waals surface area contributed by atoms with E-state index in [-0.39, 0.29) is 17.7 Å². The van der Waals surface area contributed by atoms with Crippen molar-refractivity contribution in [2.45, 2.75) is 12.8 Å². The Morgan fingerprint density at radius 2 is 1.63 bits per heavy atom. The maximum absolute atomic E-state index is 12.6. The van der Waals surface area contributed by atoms with Gasteiger partial charge in [-0.05, 0) is 25.0 Å². The lowest BCUT2D eigenvalue weighted by Gasteiger charge is -2.36. The number of piperidine rings is 1. The van der Waals surface area contributed by atoms with E-state index in [9.17, 15) is 9.59 Å². The summed E-state index contributed by atoms with van der Waals surface area (Å²) in [4.78, 5) is 31.3. The monoisotopic (exact) mass is 368 g/mol. The molecule has 0 bridgehead atoms. The molecule has 0 aromatic heterocycles. The van der Waals surface area contributed by atoms with Gasteiger partial charge < -0.3 is 10.2 Å². The van der Waals surface area contributed by atoms with Crippen LogP contribution in [-0.2, 0) is 9.59 Å². The largest absolute Gasteiger partial charge is 0.342 e. The predicted octanol–water partition coefficient (Wildman–Crippen LogP) is 1.11. The molecule has 144 valence electrons. The molecular weight excluding hydrogens is 340 g/mol. The lowest BCUT2D eigenvalue weighted by molar-refractivity contribution is -0.135. The normalized spacial score (nSPS) is 19.4. The molecule has 0 unspecified atom stereocenters. The van der Waals surface area contributed by atoms with Crippen LogP contribution in [0.1, 0.15) is 12.8 Å².